The summed E-state index contributed by atoms with van der Waals surface area (Å²) in [6.07, 6.45) is 3.35. The number of carboxylic acids is 1. The molecule has 0 aromatic heterocycles. The molecular formula is C18H21NO4. The molecule has 5 atom stereocenters. The van der Waals surface area contributed by atoms with E-state index in [0.717, 1.165) is 17.5 Å². The highest BCUT2D eigenvalue weighted by molar-refractivity contribution is 5.87. The summed E-state index contributed by atoms with van der Waals surface area (Å²) < 4.78 is 5.56. The molecule has 0 saturated carbocycles. The molecule has 2 N–H and O–H groups in total. The fraction of sp³-hybridized carbons (Fsp3) is 0.444. The predicted molar refractivity (Wildman–Crippen MR) is 84.8 cm³/mol. The lowest BCUT2D eigenvalue weighted by atomic mass is 9.82. The number of carbonyl (C=O) groups excluding carboxylic acids is 1. The second-order valence-corrected chi connectivity index (χ2v) is 6.22. The highest BCUT2D eigenvalue weighted by Gasteiger charge is 2.53. The number of carboxylic acid groups (broad SMARTS) is 1. The van der Waals surface area contributed by atoms with Gasteiger partial charge in [-0.3, -0.25) is 9.59 Å². The van der Waals surface area contributed by atoms with Gasteiger partial charge >= 0.3 is 5.97 Å². The van der Waals surface area contributed by atoms with Crippen LogP contribution in [0.15, 0.2) is 36.4 Å². The zero-order chi connectivity index (χ0) is 16.6. The maximum absolute atomic E-state index is 12.7. The number of carbonyl (C=O) groups is 2. The minimum absolute atomic E-state index is 0.124. The maximum Gasteiger partial charge on any atom is 0.310 e. The molecule has 0 aliphatic carbocycles. The van der Waals surface area contributed by atoms with Gasteiger partial charge in [-0.25, -0.2) is 0 Å². The third-order valence-electron chi connectivity index (χ3n) is 4.69. The molecule has 1 aromatic carbocycles. The van der Waals surface area contributed by atoms with E-state index in [9.17, 15) is 14.7 Å². The third-order valence-corrected chi connectivity index (χ3v) is 4.69. The van der Waals surface area contributed by atoms with Crippen molar-refractivity contribution in [2.24, 2.45) is 11.8 Å². The predicted octanol–water partition coefficient (Wildman–Crippen LogP) is 2.22. The van der Waals surface area contributed by atoms with Crippen LogP contribution in [0.3, 0.4) is 0 Å². The lowest BCUT2D eigenvalue weighted by molar-refractivity contribution is -0.146. The van der Waals surface area contributed by atoms with Crippen LogP contribution in [0.4, 0.5) is 0 Å². The molecule has 1 amide bonds. The Morgan fingerprint density at radius 3 is 2.35 bits per heavy atom. The van der Waals surface area contributed by atoms with Crippen LogP contribution in [-0.4, -0.2) is 29.2 Å². The van der Waals surface area contributed by atoms with Gasteiger partial charge in [0.05, 0.1) is 24.2 Å². The number of rotatable bonds is 5. The van der Waals surface area contributed by atoms with E-state index in [1.54, 1.807) is 12.2 Å². The van der Waals surface area contributed by atoms with E-state index in [1.165, 1.54) is 0 Å². The summed E-state index contributed by atoms with van der Waals surface area (Å²) in [5.41, 5.74) is 2.19. The van der Waals surface area contributed by atoms with Crippen LogP contribution < -0.4 is 5.32 Å². The number of nitrogens with one attached hydrogen (secondary N) is 1. The first kappa shape index (κ1) is 15.7. The van der Waals surface area contributed by atoms with Crippen molar-refractivity contribution >= 4 is 11.9 Å². The van der Waals surface area contributed by atoms with E-state index in [2.05, 4.69) is 5.32 Å². The normalized spacial score (nSPS) is 29.5. The lowest BCUT2D eigenvalue weighted by Gasteiger charge is -2.25. The SMILES string of the molecule is CC[C@H](NC(=O)[C@H]1[C@@H](C(=O)O)[C@H]2C=C[C@H]1O2)c1ccc(C)cc1. The summed E-state index contributed by atoms with van der Waals surface area (Å²) in [4.78, 5) is 24.1. The van der Waals surface area contributed by atoms with E-state index >= 15 is 0 Å². The standard InChI is InChI=1S/C18H21NO4/c1-3-12(11-6-4-10(2)5-7-11)19-17(20)15-13-8-9-14(23-13)16(15)18(21)22/h4-9,12-16H,3H2,1-2H3,(H,19,20)(H,21,22)/t12-,13+,14+,15+,16-/m0/s1. The summed E-state index contributed by atoms with van der Waals surface area (Å²) >= 11 is 0. The van der Waals surface area contributed by atoms with Crippen LogP contribution in [-0.2, 0) is 14.3 Å². The second-order valence-electron chi connectivity index (χ2n) is 6.22. The van der Waals surface area contributed by atoms with Crippen molar-refractivity contribution in [2.75, 3.05) is 0 Å². The van der Waals surface area contributed by atoms with Crippen LogP contribution >= 0.6 is 0 Å². The third kappa shape index (κ3) is 2.88. The summed E-state index contributed by atoms with van der Waals surface area (Å²) in [7, 11) is 0. The Morgan fingerprint density at radius 1 is 1.17 bits per heavy atom. The van der Waals surface area contributed by atoms with Crippen LogP contribution in [0, 0.1) is 18.8 Å². The number of benzene rings is 1. The van der Waals surface area contributed by atoms with E-state index in [4.69, 9.17) is 4.74 Å². The molecule has 1 fully saturated rings. The van der Waals surface area contributed by atoms with Crippen molar-refractivity contribution in [3.63, 3.8) is 0 Å². The van der Waals surface area contributed by atoms with Gasteiger partial charge in [0.1, 0.15) is 5.92 Å². The Labute approximate surface area is 135 Å². The molecule has 1 saturated heterocycles. The Bertz CT molecular complexity index is 637. The van der Waals surface area contributed by atoms with Gasteiger partial charge in [0.25, 0.3) is 0 Å². The molecule has 3 rings (SSSR count). The van der Waals surface area contributed by atoms with Gasteiger partial charge in [-0.1, -0.05) is 48.9 Å². The number of amides is 1. The first-order valence-electron chi connectivity index (χ1n) is 7.94. The lowest BCUT2D eigenvalue weighted by Crippen LogP contribution is -2.43. The molecular weight excluding hydrogens is 294 g/mol. The largest absolute Gasteiger partial charge is 0.481 e. The zero-order valence-corrected chi connectivity index (χ0v) is 13.2. The topological polar surface area (TPSA) is 75.6 Å². The molecule has 2 heterocycles. The Morgan fingerprint density at radius 2 is 1.78 bits per heavy atom. The number of hydrogen-bond donors (Lipinski definition) is 2. The highest BCUT2D eigenvalue weighted by atomic mass is 16.5. The molecule has 5 nitrogen and oxygen atoms in total. The Balaban J connectivity index is 1.76. The van der Waals surface area contributed by atoms with E-state index < -0.39 is 30.0 Å². The minimum Gasteiger partial charge on any atom is -0.481 e. The molecule has 1 aromatic rings. The van der Waals surface area contributed by atoms with E-state index in [0.29, 0.717) is 0 Å². The zero-order valence-electron chi connectivity index (χ0n) is 13.2. The number of hydrogen-bond acceptors (Lipinski definition) is 3. The molecule has 23 heavy (non-hydrogen) atoms. The smallest absolute Gasteiger partial charge is 0.310 e. The molecule has 0 unspecified atom stereocenters. The summed E-state index contributed by atoms with van der Waals surface area (Å²) in [5, 5.41) is 12.4. The second kappa shape index (κ2) is 6.16. The number of aryl methyl sites for hydroxylation is 1. The first-order chi connectivity index (χ1) is 11.0. The monoisotopic (exact) mass is 315 g/mol. The fourth-order valence-corrected chi connectivity index (χ4v) is 3.40. The fourth-order valence-electron chi connectivity index (χ4n) is 3.40. The van der Waals surface area contributed by atoms with Crippen LogP contribution in [0.25, 0.3) is 0 Å². The summed E-state index contributed by atoms with van der Waals surface area (Å²) in [6, 6.07) is 7.88. The Hall–Kier alpha value is -2.14. The molecule has 0 radical (unpaired) electrons. The number of fused-ring (bicyclic) bond motifs is 2. The average molecular weight is 315 g/mol. The van der Waals surface area contributed by atoms with Crippen molar-refractivity contribution in [3.8, 4) is 0 Å². The summed E-state index contributed by atoms with van der Waals surface area (Å²) in [6.45, 7) is 4.01. The number of aliphatic carboxylic acids is 1. The molecule has 2 aliphatic heterocycles. The van der Waals surface area contributed by atoms with E-state index in [1.807, 2.05) is 38.1 Å². The van der Waals surface area contributed by atoms with E-state index in [-0.39, 0.29) is 11.9 Å². The van der Waals surface area contributed by atoms with Crippen molar-refractivity contribution in [1.82, 2.24) is 5.32 Å². The van der Waals surface area contributed by atoms with Crippen molar-refractivity contribution in [1.29, 1.82) is 0 Å². The van der Waals surface area contributed by atoms with Gasteiger partial charge in [-0.15, -0.1) is 0 Å². The van der Waals surface area contributed by atoms with Crippen molar-refractivity contribution in [2.45, 2.75) is 38.5 Å². The van der Waals surface area contributed by atoms with Gasteiger partial charge in [-0.05, 0) is 18.9 Å². The van der Waals surface area contributed by atoms with Gasteiger partial charge < -0.3 is 15.2 Å². The average Bonchev–Trinajstić information content (AvgIpc) is 3.14. The van der Waals surface area contributed by atoms with Crippen LogP contribution in [0.5, 0.6) is 0 Å². The molecule has 0 spiro atoms. The quantitative estimate of drug-likeness (QED) is 0.817. The van der Waals surface area contributed by atoms with Gasteiger partial charge in [0, 0.05) is 0 Å². The highest BCUT2D eigenvalue weighted by Crippen LogP contribution is 2.39. The molecule has 122 valence electrons. The number of ether oxygens (including phenoxy) is 1. The maximum atomic E-state index is 12.7. The van der Waals surface area contributed by atoms with Crippen LogP contribution in [0.2, 0.25) is 0 Å². The molecule has 5 heteroatoms. The molecule has 2 bridgehead atoms. The van der Waals surface area contributed by atoms with Crippen molar-refractivity contribution in [3.05, 3.63) is 47.5 Å². The van der Waals surface area contributed by atoms with Gasteiger partial charge in [-0.2, -0.15) is 0 Å². The summed E-state index contributed by atoms with van der Waals surface area (Å²) in [5.74, 6) is -2.70. The Kier molecular flexibility index (Phi) is 4.22. The molecule has 2 aliphatic rings. The van der Waals surface area contributed by atoms with Crippen molar-refractivity contribution < 1.29 is 19.4 Å². The van der Waals surface area contributed by atoms with Gasteiger partial charge in [0.2, 0.25) is 5.91 Å². The van der Waals surface area contributed by atoms with Gasteiger partial charge in [0.15, 0.2) is 0 Å². The minimum atomic E-state index is -0.981. The first-order valence-corrected chi connectivity index (χ1v) is 7.94. The van der Waals surface area contributed by atoms with Crippen LogP contribution in [0.1, 0.15) is 30.5 Å².